The molecule has 74 valence electrons. The molecule has 0 atom stereocenters. The van der Waals surface area contributed by atoms with Gasteiger partial charge in [-0.15, -0.1) is 0 Å². The first-order valence-corrected chi connectivity index (χ1v) is 4.56. The summed E-state index contributed by atoms with van der Waals surface area (Å²) in [6.45, 7) is 0. The fourth-order valence-corrected chi connectivity index (χ4v) is 1.06. The van der Waals surface area contributed by atoms with Gasteiger partial charge in [0.1, 0.15) is 19.4 Å². The zero-order chi connectivity index (χ0) is 10.4. The first-order valence-electron chi connectivity index (χ1n) is 4.56. The SMILES string of the molecule is C[n+]1ccccc1.Cn1cc[n+](C)c1. The summed E-state index contributed by atoms with van der Waals surface area (Å²) in [6.07, 6.45) is 10.0. The predicted molar refractivity (Wildman–Crippen MR) is 54.2 cm³/mol. The van der Waals surface area contributed by atoms with Gasteiger partial charge in [-0.3, -0.25) is 0 Å². The van der Waals surface area contributed by atoms with E-state index in [0.29, 0.717) is 0 Å². The minimum atomic E-state index is 2.00. The monoisotopic (exact) mass is 191 g/mol. The second kappa shape index (κ2) is 5.17. The Morgan fingerprint density at radius 2 is 1.50 bits per heavy atom. The van der Waals surface area contributed by atoms with Gasteiger partial charge in [-0.1, -0.05) is 6.07 Å². The van der Waals surface area contributed by atoms with Crippen LogP contribution in [0.1, 0.15) is 0 Å². The molecule has 2 heterocycles. The van der Waals surface area contributed by atoms with Crippen LogP contribution in [0, 0.1) is 0 Å². The third-order valence-electron chi connectivity index (χ3n) is 1.77. The number of aryl methyl sites for hydroxylation is 3. The van der Waals surface area contributed by atoms with Crippen LogP contribution in [-0.2, 0) is 21.1 Å². The molecule has 0 spiro atoms. The summed E-state index contributed by atoms with van der Waals surface area (Å²) in [5, 5.41) is 0. The number of pyridine rings is 1. The van der Waals surface area contributed by atoms with E-state index in [4.69, 9.17) is 0 Å². The number of rotatable bonds is 0. The molecule has 0 saturated heterocycles. The molecule has 3 nitrogen and oxygen atoms in total. The standard InChI is InChI=1S/C6H8N.C5H9N2/c1-7-5-3-2-4-6-7;1-6-3-4-7(2)5-6/h2-6H,1H3;3-5H,1-2H3/q2*+1. The molecule has 0 saturated carbocycles. The molecule has 0 amide bonds. The third-order valence-corrected chi connectivity index (χ3v) is 1.77. The number of imidazole rings is 1. The van der Waals surface area contributed by atoms with Gasteiger partial charge in [-0.25, -0.2) is 13.7 Å². The maximum absolute atomic E-state index is 2.00. The van der Waals surface area contributed by atoms with Crippen LogP contribution >= 0.6 is 0 Å². The molecule has 0 unspecified atom stereocenters. The Morgan fingerprint density at radius 3 is 1.71 bits per heavy atom. The van der Waals surface area contributed by atoms with Crippen LogP contribution in [0.15, 0.2) is 49.3 Å². The lowest BCUT2D eigenvalue weighted by molar-refractivity contribution is -0.671. The Labute approximate surface area is 84.9 Å². The Hall–Kier alpha value is -1.64. The van der Waals surface area contributed by atoms with Crippen molar-refractivity contribution in [3.63, 3.8) is 0 Å². The highest BCUT2D eigenvalue weighted by Gasteiger charge is 1.87. The van der Waals surface area contributed by atoms with Crippen molar-refractivity contribution in [2.75, 3.05) is 0 Å². The smallest absolute Gasteiger partial charge is 0.240 e. The molecule has 0 aliphatic carbocycles. The second-order valence-corrected chi connectivity index (χ2v) is 3.29. The molecule has 2 aromatic rings. The number of aromatic nitrogens is 3. The molecular weight excluding hydrogens is 174 g/mol. The average Bonchev–Trinajstić information content (AvgIpc) is 2.52. The Bertz CT molecular complexity index is 349. The van der Waals surface area contributed by atoms with E-state index in [-0.39, 0.29) is 0 Å². The highest BCUT2D eigenvalue weighted by Crippen LogP contribution is 1.72. The summed E-state index contributed by atoms with van der Waals surface area (Å²) in [6, 6.07) is 6.00. The Morgan fingerprint density at radius 1 is 0.857 bits per heavy atom. The van der Waals surface area contributed by atoms with Gasteiger partial charge in [0.05, 0.1) is 14.1 Å². The summed E-state index contributed by atoms with van der Waals surface area (Å²) in [5.74, 6) is 0. The molecule has 0 aliphatic rings. The van der Waals surface area contributed by atoms with E-state index >= 15 is 0 Å². The molecule has 0 bridgehead atoms. The van der Waals surface area contributed by atoms with Crippen molar-refractivity contribution < 1.29 is 9.13 Å². The predicted octanol–water partition coefficient (Wildman–Crippen LogP) is 0.361. The number of hydrogen-bond acceptors (Lipinski definition) is 0. The van der Waals surface area contributed by atoms with Gasteiger partial charge >= 0.3 is 0 Å². The number of hydrogen-bond donors (Lipinski definition) is 0. The first kappa shape index (κ1) is 10.4. The van der Waals surface area contributed by atoms with E-state index in [0.717, 1.165) is 0 Å². The third kappa shape index (κ3) is 3.85. The van der Waals surface area contributed by atoms with Gasteiger partial charge in [0.15, 0.2) is 12.4 Å². The van der Waals surface area contributed by atoms with Crippen LogP contribution in [0.3, 0.4) is 0 Å². The van der Waals surface area contributed by atoms with Crippen molar-refractivity contribution in [1.29, 1.82) is 0 Å². The van der Waals surface area contributed by atoms with Crippen LogP contribution in [0.4, 0.5) is 0 Å². The van der Waals surface area contributed by atoms with E-state index in [1.54, 1.807) is 0 Å². The van der Waals surface area contributed by atoms with Gasteiger partial charge in [-0.05, 0) is 0 Å². The molecule has 0 aromatic carbocycles. The van der Waals surface area contributed by atoms with Gasteiger partial charge in [0.2, 0.25) is 6.33 Å². The summed E-state index contributed by atoms with van der Waals surface area (Å²) < 4.78 is 6.00. The Balaban J connectivity index is 0.000000140. The summed E-state index contributed by atoms with van der Waals surface area (Å²) in [5.41, 5.74) is 0. The van der Waals surface area contributed by atoms with Crippen LogP contribution in [0.5, 0.6) is 0 Å². The maximum Gasteiger partial charge on any atom is 0.243 e. The molecule has 0 N–H and O–H groups in total. The molecule has 0 aliphatic heterocycles. The topological polar surface area (TPSA) is 12.7 Å². The van der Waals surface area contributed by atoms with Crippen LogP contribution < -0.4 is 9.13 Å². The van der Waals surface area contributed by atoms with Crippen molar-refractivity contribution in [1.82, 2.24) is 4.57 Å². The molecule has 2 rings (SSSR count). The lowest BCUT2D eigenvalue weighted by atomic mass is 10.5. The lowest BCUT2D eigenvalue weighted by Gasteiger charge is -1.77. The highest BCUT2D eigenvalue weighted by atomic mass is 15.1. The summed E-state index contributed by atoms with van der Waals surface area (Å²) in [7, 11) is 6.00. The minimum absolute atomic E-state index is 2.00. The van der Waals surface area contributed by atoms with Crippen molar-refractivity contribution >= 4 is 0 Å². The van der Waals surface area contributed by atoms with E-state index in [1.165, 1.54) is 0 Å². The highest BCUT2D eigenvalue weighted by molar-refractivity contribution is 4.83. The molecule has 0 fully saturated rings. The van der Waals surface area contributed by atoms with Crippen molar-refractivity contribution in [2.24, 2.45) is 21.1 Å². The van der Waals surface area contributed by atoms with Crippen LogP contribution in [0.2, 0.25) is 0 Å². The Kier molecular flexibility index (Phi) is 3.85. The van der Waals surface area contributed by atoms with E-state index in [1.807, 2.05) is 84.2 Å². The summed E-state index contributed by atoms with van der Waals surface area (Å²) >= 11 is 0. The largest absolute Gasteiger partial charge is 0.243 e. The number of nitrogens with zero attached hydrogens (tertiary/aromatic N) is 3. The van der Waals surface area contributed by atoms with E-state index in [9.17, 15) is 0 Å². The van der Waals surface area contributed by atoms with Gasteiger partial charge < -0.3 is 0 Å². The van der Waals surface area contributed by atoms with Crippen molar-refractivity contribution in [3.05, 3.63) is 49.3 Å². The lowest BCUT2D eigenvalue weighted by Crippen LogP contribution is -2.25. The van der Waals surface area contributed by atoms with E-state index in [2.05, 4.69) is 0 Å². The molecule has 3 heteroatoms. The zero-order valence-electron chi connectivity index (χ0n) is 8.96. The minimum Gasteiger partial charge on any atom is -0.240 e. The van der Waals surface area contributed by atoms with E-state index < -0.39 is 0 Å². The van der Waals surface area contributed by atoms with Crippen LogP contribution in [-0.4, -0.2) is 4.57 Å². The molecule has 0 radical (unpaired) electrons. The van der Waals surface area contributed by atoms with Gasteiger partial charge in [-0.2, -0.15) is 0 Å². The van der Waals surface area contributed by atoms with Gasteiger partial charge in [0.25, 0.3) is 0 Å². The van der Waals surface area contributed by atoms with Crippen LogP contribution in [0.25, 0.3) is 0 Å². The fraction of sp³-hybridized carbons (Fsp3) is 0.273. The summed E-state index contributed by atoms with van der Waals surface area (Å²) in [4.78, 5) is 0. The molecule has 14 heavy (non-hydrogen) atoms. The maximum atomic E-state index is 2.00. The van der Waals surface area contributed by atoms with Gasteiger partial charge in [0, 0.05) is 12.1 Å². The normalized spacial score (nSPS) is 9.07. The van der Waals surface area contributed by atoms with Crippen molar-refractivity contribution in [3.8, 4) is 0 Å². The van der Waals surface area contributed by atoms with Crippen molar-refractivity contribution in [2.45, 2.75) is 0 Å². The fourth-order valence-electron chi connectivity index (χ4n) is 1.06. The second-order valence-electron chi connectivity index (χ2n) is 3.29. The molecule has 2 aromatic heterocycles. The average molecular weight is 191 g/mol. The molecular formula is C11H17N3+2. The quantitative estimate of drug-likeness (QED) is 0.533. The zero-order valence-corrected chi connectivity index (χ0v) is 8.96. The first-order chi connectivity index (χ1) is 6.68.